The van der Waals surface area contributed by atoms with Crippen LogP contribution in [0, 0.1) is 0 Å². The summed E-state index contributed by atoms with van der Waals surface area (Å²) in [5.74, 6) is -1.10. The van der Waals surface area contributed by atoms with Crippen LogP contribution in [0.5, 0.6) is 0 Å². The number of carbonyl (C=O) groups is 3. The summed E-state index contributed by atoms with van der Waals surface area (Å²) in [6.07, 6.45) is 2.59. The van der Waals surface area contributed by atoms with Crippen LogP contribution in [-0.2, 0) is 20.9 Å². The Morgan fingerprint density at radius 3 is 2.62 bits per heavy atom. The molecule has 0 unspecified atom stereocenters. The molecule has 1 fully saturated rings. The Labute approximate surface area is 126 Å². The predicted octanol–water partition coefficient (Wildman–Crippen LogP) is 1.04. The molecule has 0 bridgehead atoms. The number of nitrogens with zero attached hydrogens (tertiary/aromatic N) is 2. The first-order chi connectivity index (χ1) is 9.99. The number of hydrogen-bond donors (Lipinski definition) is 1. The first-order valence-electron chi connectivity index (χ1n) is 6.55. The summed E-state index contributed by atoms with van der Waals surface area (Å²) in [6, 6.07) is 3.64. The molecular weight excluding hydrogens is 292 g/mol. The molecule has 7 heteroatoms. The van der Waals surface area contributed by atoms with E-state index >= 15 is 0 Å². The second-order valence-corrected chi connectivity index (χ2v) is 5.83. The topological polar surface area (TPSA) is 77.9 Å². The molecule has 6 nitrogen and oxygen atoms in total. The fraction of sp³-hybridized carbons (Fsp3) is 0.357. The van der Waals surface area contributed by atoms with Crippen molar-refractivity contribution in [2.75, 3.05) is 19.6 Å². The highest BCUT2D eigenvalue weighted by Gasteiger charge is 2.28. The van der Waals surface area contributed by atoms with Crippen molar-refractivity contribution in [3.63, 3.8) is 0 Å². The van der Waals surface area contributed by atoms with E-state index in [-0.39, 0.29) is 24.9 Å². The van der Waals surface area contributed by atoms with E-state index in [1.807, 2.05) is 13.0 Å². The van der Waals surface area contributed by atoms with Crippen LogP contribution in [0.3, 0.4) is 0 Å². The normalized spacial score (nSPS) is 16.0. The van der Waals surface area contributed by atoms with Crippen molar-refractivity contribution >= 4 is 35.2 Å². The molecule has 0 spiro atoms. The van der Waals surface area contributed by atoms with E-state index in [1.165, 1.54) is 27.2 Å². The van der Waals surface area contributed by atoms with Crippen molar-refractivity contribution in [1.29, 1.82) is 0 Å². The van der Waals surface area contributed by atoms with Gasteiger partial charge in [0.05, 0.1) is 13.1 Å². The van der Waals surface area contributed by atoms with Crippen molar-refractivity contribution in [3.05, 3.63) is 28.0 Å². The molecule has 0 saturated carbocycles. The van der Waals surface area contributed by atoms with E-state index in [0.717, 1.165) is 15.8 Å². The Kier molecular flexibility index (Phi) is 4.74. The molecule has 0 aliphatic carbocycles. The van der Waals surface area contributed by atoms with Crippen LogP contribution < -0.4 is 0 Å². The summed E-state index contributed by atoms with van der Waals surface area (Å²) < 4.78 is 0. The van der Waals surface area contributed by atoms with Crippen molar-refractivity contribution < 1.29 is 19.5 Å². The summed E-state index contributed by atoms with van der Waals surface area (Å²) >= 11 is 1.41. The Bertz CT molecular complexity index is 594. The minimum absolute atomic E-state index is 0.0420. The molecule has 1 saturated heterocycles. The Morgan fingerprint density at radius 1 is 1.29 bits per heavy atom. The third kappa shape index (κ3) is 3.91. The lowest BCUT2D eigenvalue weighted by atomic mass is 10.2. The number of thiophene rings is 1. The zero-order valence-electron chi connectivity index (χ0n) is 11.6. The zero-order chi connectivity index (χ0) is 15.4. The van der Waals surface area contributed by atoms with Gasteiger partial charge in [-0.2, -0.15) is 0 Å². The molecule has 1 aromatic heterocycles. The lowest BCUT2D eigenvalue weighted by Crippen LogP contribution is -2.53. The Balaban J connectivity index is 2.00. The molecule has 2 amide bonds. The van der Waals surface area contributed by atoms with Crippen LogP contribution in [0.25, 0.3) is 6.08 Å². The molecule has 2 rings (SSSR count). The monoisotopic (exact) mass is 308 g/mol. The van der Waals surface area contributed by atoms with Gasteiger partial charge in [-0.15, -0.1) is 11.3 Å². The molecule has 0 atom stereocenters. The van der Waals surface area contributed by atoms with E-state index in [2.05, 4.69) is 0 Å². The molecule has 1 N–H and O–H groups in total. The largest absolute Gasteiger partial charge is 0.478 e. The smallest absolute Gasteiger partial charge is 0.328 e. The molecule has 0 radical (unpaired) electrons. The van der Waals surface area contributed by atoms with Crippen molar-refractivity contribution in [1.82, 2.24) is 9.80 Å². The van der Waals surface area contributed by atoms with Crippen LogP contribution in [0.4, 0.5) is 0 Å². The Morgan fingerprint density at radius 2 is 1.95 bits per heavy atom. The first-order valence-corrected chi connectivity index (χ1v) is 7.36. The molecule has 2 heterocycles. The maximum Gasteiger partial charge on any atom is 0.328 e. The molecule has 0 aromatic carbocycles. The van der Waals surface area contributed by atoms with Gasteiger partial charge in [0.25, 0.3) is 0 Å². The maximum absolute atomic E-state index is 12.0. The molecule has 112 valence electrons. The molecule has 1 aliphatic rings. The number of amides is 2. The minimum Gasteiger partial charge on any atom is -0.478 e. The number of aliphatic carboxylic acids is 1. The summed E-state index contributed by atoms with van der Waals surface area (Å²) in [7, 11) is 0. The number of carboxylic acids is 1. The average Bonchev–Trinajstić information content (AvgIpc) is 2.88. The highest BCUT2D eigenvalue weighted by molar-refractivity contribution is 7.12. The van der Waals surface area contributed by atoms with E-state index in [4.69, 9.17) is 5.11 Å². The summed E-state index contributed by atoms with van der Waals surface area (Å²) in [5.41, 5.74) is 0. The van der Waals surface area contributed by atoms with Gasteiger partial charge in [-0.1, -0.05) is 0 Å². The van der Waals surface area contributed by atoms with E-state index in [9.17, 15) is 14.4 Å². The Hall–Kier alpha value is -2.15. The predicted molar refractivity (Wildman–Crippen MR) is 78.7 cm³/mol. The molecule has 21 heavy (non-hydrogen) atoms. The lowest BCUT2D eigenvalue weighted by Gasteiger charge is -2.32. The molecular formula is C14H16N2O4S. The van der Waals surface area contributed by atoms with Gasteiger partial charge in [-0.3, -0.25) is 9.59 Å². The van der Waals surface area contributed by atoms with Crippen LogP contribution in [0.1, 0.15) is 16.7 Å². The van der Waals surface area contributed by atoms with Gasteiger partial charge >= 0.3 is 5.97 Å². The quantitative estimate of drug-likeness (QED) is 0.824. The standard InChI is InChI=1S/C14H16N2O4S/c1-2-15-8-13(18)16(9-12(15)17)7-11-4-3-10(21-11)5-6-14(19)20/h3-6H,2,7-9H2,1H3,(H,19,20)/b6-5+. The number of hydrogen-bond acceptors (Lipinski definition) is 4. The van der Waals surface area contributed by atoms with Crippen LogP contribution in [0.2, 0.25) is 0 Å². The summed E-state index contributed by atoms with van der Waals surface area (Å²) in [5, 5.41) is 8.58. The third-order valence-electron chi connectivity index (χ3n) is 3.16. The lowest BCUT2D eigenvalue weighted by molar-refractivity contribution is -0.150. The fourth-order valence-corrected chi connectivity index (χ4v) is 2.98. The van der Waals surface area contributed by atoms with E-state index in [0.29, 0.717) is 13.1 Å². The van der Waals surface area contributed by atoms with E-state index < -0.39 is 5.97 Å². The minimum atomic E-state index is -0.999. The van der Waals surface area contributed by atoms with Crippen molar-refractivity contribution in [3.8, 4) is 0 Å². The van der Waals surface area contributed by atoms with Gasteiger partial charge in [-0.25, -0.2) is 4.79 Å². The number of piperazine rings is 1. The number of carbonyl (C=O) groups excluding carboxylic acids is 2. The van der Waals surface area contributed by atoms with Gasteiger partial charge in [0.1, 0.15) is 6.54 Å². The van der Waals surface area contributed by atoms with Gasteiger partial charge in [0.15, 0.2) is 0 Å². The van der Waals surface area contributed by atoms with E-state index in [1.54, 1.807) is 6.07 Å². The number of rotatable bonds is 5. The molecule has 1 aromatic rings. The van der Waals surface area contributed by atoms with Gasteiger partial charge < -0.3 is 14.9 Å². The average molecular weight is 308 g/mol. The van der Waals surface area contributed by atoms with Gasteiger partial charge in [0.2, 0.25) is 11.8 Å². The van der Waals surface area contributed by atoms with Crippen molar-refractivity contribution in [2.24, 2.45) is 0 Å². The summed E-state index contributed by atoms with van der Waals surface area (Å²) in [4.78, 5) is 39.0. The van der Waals surface area contributed by atoms with Gasteiger partial charge in [0, 0.05) is 22.4 Å². The van der Waals surface area contributed by atoms with Crippen LogP contribution in [0.15, 0.2) is 18.2 Å². The second kappa shape index (κ2) is 6.53. The van der Waals surface area contributed by atoms with Crippen LogP contribution >= 0.6 is 11.3 Å². The van der Waals surface area contributed by atoms with Gasteiger partial charge in [-0.05, 0) is 25.1 Å². The van der Waals surface area contributed by atoms with Crippen LogP contribution in [-0.4, -0.2) is 52.3 Å². The fourth-order valence-electron chi connectivity index (χ4n) is 2.05. The van der Waals surface area contributed by atoms with Crippen molar-refractivity contribution in [2.45, 2.75) is 13.5 Å². The number of likely N-dealkylation sites (N-methyl/N-ethyl adjacent to an activating group) is 1. The number of carboxylic acid groups (broad SMARTS) is 1. The highest BCUT2D eigenvalue weighted by Crippen LogP contribution is 2.20. The third-order valence-corrected chi connectivity index (χ3v) is 4.19. The summed E-state index contributed by atoms with van der Waals surface area (Å²) in [6.45, 7) is 3.01. The highest BCUT2D eigenvalue weighted by atomic mass is 32.1. The SMILES string of the molecule is CCN1CC(=O)N(Cc2ccc(/C=C/C(=O)O)s2)CC1=O. The molecule has 1 aliphatic heterocycles. The first kappa shape index (κ1) is 15.2. The zero-order valence-corrected chi connectivity index (χ0v) is 12.4. The second-order valence-electron chi connectivity index (χ2n) is 4.63. The maximum atomic E-state index is 12.0.